The maximum absolute atomic E-state index is 13.1. The van der Waals surface area contributed by atoms with Gasteiger partial charge in [-0.2, -0.15) is 0 Å². The standard InChI is InChI=1S/C24H36N4OS/c1-6-17(14-23-25-21(15-27(2)3)22(26-23)16-28(4)5)24(29)30-20-12-11-18-9-7-8-10-19(18)13-20/h7-10,17,20H,6,11-16H2,1-5H3,(H,25,26). The molecular formula is C24H36N4OS. The molecule has 0 amide bonds. The Morgan fingerprint density at radius 2 is 1.87 bits per heavy atom. The van der Waals surface area contributed by atoms with Crippen LogP contribution in [0, 0.1) is 5.92 Å². The minimum atomic E-state index is 0.0118. The number of imidazole rings is 1. The predicted octanol–water partition coefficient (Wildman–Crippen LogP) is 3.92. The Hall–Kier alpha value is -1.63. The number of carbonyl (C=O) groups excluding carboxylic acids is 1. The Morgan fingerprint density at radius 3 is 2.53 bits per heavy atom. The van der Waals surface area contributed by atoms with Crippen molar-refractivity contribution in [2.24, 2.45) is 5.92 Å². The van der Waals surface area contributed by atoms with Crippen molar-refractivity contribution in [3.05, 3.63) is 52.6 Å². The molecule has 0 spiro atoms. The van der Waals surface area contributed by atoms with Crippen LogP contribution in [0.2, 0.25) is 0 Å². The van der Waals surface area contributed by atoms with E-state index >= 15 is 0 Å². The van der Waals surface area contributed by atoms with E-state index in [0.717, 1.165) is 56.0 Å². The molecule has 2 unspecified atom stereocenters. The molecule has 164 valence electrons. The molecule has 2 atom stereocenters. The number of rotatable bonds is 9. The van der Waals surface area contributed by atoms with E-state index < -0.39 is 0 Å². The number of fused-ring (bicyclic) bond motifs is 1. The zero-order valence-electron chi connectivity index (χ0n) is 19.1. The van der Waals surface area contributed by atoms with Gasteiger partial charge in [0.05, 0.1) is 11.4 Å². The van der Waals surface area contributed by atoms with Gasteiger partial charge in [-0.25, -0.2) is 4.98 Å². The summed E-state index contributed by atoms with van der Waals surface area (Å²) in [6.07, 6.45) is 4.72. The first-order chi connectivity index (χ1) is 14.4. The molecule has 0 fully saturated rings. The van der Waals surface area contributed by atoms with E-state index in [2.05, 4.69) is 74.2 Å². The van der Waals surface area contributed by atoms with E-state index in [1.807, 2.05) is 0 Å². The zero-order valence-corrected chi connectivity index (χ0v) is 19.9. The molecule has 30 heavy (non-hydrogen) atoms. The number of aromatic nitrogens is 2. The van der Waals surface area contributed by atoms with Gasteiger partial charge in [-0.1, -0.05) is 43.0 Å². The molecule has 1 heterocycles. The Kier molecular flexibility index (Phi) is 8.14. The number of H-pyrrole nitrogens is 1. The maximum Gasteiger partial charge on any atom is 0.192 e. The van der Waals surface area contributed by atoms with Crippen molar-refractivity contribution in [2.45, 2.75) is 57.4 Å². The summed E-state index contributed by atoms with van der Waals surface area (Å²) in [7, 11) is 8.25. The van der Waals surface area contributed by atoms with Crippen molar-refractivity contribution in [2.75, 3.05) is 28.2 Å². The number of aromatic amines is 1. The SMILES string of the molecule is CCC(Cc1nc(CN(C)C)c(CN(C)C)[nH]1)C(=O)SC1CCc2ccccc2C1. The molecule has 1 aliphatic rings. The molecule has 1 aromatic carbocycles. The lowest BCUT2D eigenvalue weighted by Gasteiger charge is -2.24. The maximum atomic E-state index is 13.1. The summed E-state index contributed by atoms with van der Waals surface area (Å²) in [6.45, 7) is 3.75. The van der Waals surface area contributed by atoms with Crippen molar-refractivity contribution in [1.82, 2.24) is 19.8 Å². The van der Waals surface area contributed by atoms with E-state index in [-0.39, 0.29) is 5.92 Å². The number of nitrogens with zero attached hydrogens (tertiary/aromatic N) is 3. The number of nitrogens with one attached hydrogen (secondary N) is 1. The minimum Gasteiger partial charge on any atom is -0.345 e. The number of hydrogen-bond acceptors (Lipinski definition) is 5. The normalized spacial score (nSPS) is 17.4. The van der Waals surface area contributed by atoms with Crippen molar-refractivity contribution >= 4 is 16.9 Å². The van der Waals surface area contributed by atoms with E-state index in [4.69, 9.17) is 4.98 Å². The van der Waals surface area contributed by atoms with Crippen LogP contribution < -0.4 is 0 Å². The van der Waals surface area contributed by atoms with Crippen molar-refractivity contribution in [3.8, 4) is 0 Å². The zero-order chi connectivity index (χ0) is 21.7. The molecule has 2 aromatic rings. The monoisotopic (exact) mass is 428 g/mol. The summed E-state index contributed by atoms with van der Waals surface area (Å²) in [5.41, 5.74) is 5.10. The first kappa shape index (κ1) is 23.0. The van der Waals surface area contributed by atoms with Crippen LogP contribution in [0.5, 0.6) is 0 Å². The number of carbonyl (C=O) groups is 1. The van der Waals surface area contributed by atoms with E-state index in [9.17, 15) is 4.79 Å². The Morgan fingerprint density at radius 1 is 1.17 bits per heavy atom. The highest BCUT2D eigenvalue weighted by Crippen LogP contribution is 2.32. The summed E-state index contributed by atoms with van der Waals surface area (Å²) in [5, 5.41) is 0.716. The van der Waals surface area contributed by atoms with Gasteiger partial charge in [-0.05, 0) is 65.0 Å². The second kappa shape index (κ2) is 10.6. The van der Waals surface area contributed by atoms with Crippen LogP contribution in [-0.2, 0) is 37.1 Å². The van der Waals surface area contributed by atoms with Crippen LogP contribution >= 0.6 is 11.8 Å². The molecule has 1 N–H and O–H groups in total. The summed E-state index contributed by atoms with van der Waals surface area (Å²) < 4.78 is 0. The first-order valence-corrected chi connectivity index (χ1v) is 11.9. The van der Waals surface area contributed by atoms with Gasteiger partial charge in [-0.15, -0.1) is 0 Å². The quantitative estimate of drug-likeness (QED) is 0.656. The molecule has 0 bridgehead atoms. The smallest absolute Gasteiger partial charge is 0.192 e. The highest BCUT2D eigenvalue weighted by atomic mass is 32.2. The van der Waals surface area contributed by atoms with Crippen molar-refractivity contribution in [1.29, 1.82) is 0 Å². The highest BCUT2D eigenvalue weighted by Gasteiger charge is 2.26. The second-order valence-electron chi connectivity index (χ2n) is 8.96. The van der Waals surface area contributed by atoms with Crippen molar-refractivity contribution in [3.63, 3.8) is 0 Å². The molecule has 0 saturated heterocycles. The summed E-state index contributed by atoms with van der Waals surface area (Å²) in [5.74, 6) is 0.955. The molecule has 6 heteroatoms. The molecular weight excluding hydrogens is 392 g/mol. The third-order valence-electron chi connectivity index (χ3n) is 5.70. The summed E-state index contributed by atoms with van der Waals surface area (Å²) in [4.78, 5) is 25.8. The summed E-state index contributed by atoms with van der Waals surface area (Å²) in [6, 6.07) is 8.66. The molecule has 0 aliphatic heterocycles. The van der Waals surface area contributed by atoms with Crippen LogP contribution in [0.15, 0.2) is 24.3 Å². The van der Waals surface area contributed by atoms with Crippen molar-refractivity contribution < 1.29 is 4.79 Å². The predicted molar refractivity (Wildman–Crippen MR) is 126 cm³/mol. The van der Waals surface area contributed by atoms with E-state index in [1.165, 1.54) is 11.1 Å². The number of benzene rings is 1. The molecule has 1 aromatic heterocycles. The lowest BCUT2D eigenvalue weighted by Crippen LogP contribution is -2.22. The average molecular weight is 429 g/mol. The highest BCUT2D eigenvalue weighted by molar-refractivity contribution is 8.14. The van der Waals surface area contributed by atoms with Crippen LogP contribution in [-0.4, -0.2) is 58.3 Å². The van der Waals surface area contributed by atoms with Gasteiger partial charge in [0.1, 0.15) is 5.82 Å². The molecule has 5 nitrogen and oxygen atoms in total. The third kappa shape index (κ3) is 6.19. The van der Waals surface area contributed by atoms with Crippen LogP contribution in [0.4, 0.5) is 0 Å². The van der Waals surface area contributed by atoms with Gasteiger partial charge < -0.3 is 14.8 Å². The largest absolute Gasteiger partial charge is 0.345 e. The second-order valence-corrected chi connectivity index (χ2v) is 10.3. The molecule has 1 aliphatic carbocycles. The molecule has 0 radical (unpaired) electrons. The van der Waals surface area contributed by atoms with Gasteiger partial charge >= 0.3 is 0 Å². The summed E-state index contributed by atoms with van der Waals surface area (Å²) >= 11 is 1.57. The lowest BCUT2D eigenvalue weighted by atomic mass is 9.91. The average Bonchev–Trinajstić information content (AvgIpc) is 3.05. The third-order valence-corrected chi connectivity index (χ3v) is 7.01. The van der Waals surface area contributed by atoms with Gasteiger partial charge in [0, 0.05) is 30.7 Å². The van der Waals surface area contributed by atoms with Gasteiger partial charge in [0.15, 0.2) is 5.12 Å². The molecule has 0 saturated carbocycles. The van der Waals surface area contributed by atoms with Crippen LogP contribution in [0.25, 0.3) is 0 Å². The van der Waals surface area contributed by atoms with Crippen LogP contribution in [0.3, 0.4) is 0 Å². The fraction of sp³-hybridized carbons (Fsp3) is 0.583. The number of thioether (sulfide) groups is 1. The fourth-order valence-corrected chi connectivity index (χ4v) is 5.40. The topological polar surface area (TPSA) is 52.2 Å². The van der Waals surface area contributed by atoms with Gasteiger partial charge in [0.25, 0.3) is 0 Å². The van der Waals surface area contributed by atoms with Gasteiger partial charge in [-0.3, -0.25) is 4.79 Å². The van der Waals surface area contributed by atoms with Crippen LogP contribution in [0.1, 0.15) is 48.1 Å². The Labute approximate surface area is 185 Å². The Bertz CT molecular complexity index is 818. The minimum absolute atomic E-state index is 0.0118. The van der Waals surface area contributed by atoms with E-state index in [1.54, 1.807) is 11.8 Å². The number of aryl methyl sites for hydroxylation is 1. The lowest BCUT2D eigenvalue weighted by molar-refractivity contribution is -0.114. The Balaban J connectivity index is 1.64. The fourth-order valence-electron chi connectivity index (χ4n) is 4.13. The first-order valence-electron chi connectivity index (χ1n) is 11.0. The molecule has 3 rings (SSSR count). The number of hydrogen-bond donors (Lipinski definition) is 1. The van der Waals surface area contributed by atoms with Gasteiger partial charge in [0.2, 0.25) is 0 Å². The van der Waals surface area contributed by atoms with E-state index in [0.29, 0.717) is 16.8 Å².